The van der Waals surface area contributed by atoms with Crippen molar-refractivity contribution in [2.75, 3.05) is 22.1 Å². The zero-order valence-electron chi connectivity index (χ0n) is 47.5. The zero-order valence-corrected chi connectivity index (χ0v) is 49.2. The third-order valence-corrected chi connectivity index (χ3v) is 16.4. The highest BCUT2D eigenvalue weighted by atomic mass is 32.1. The van der Waals surface area contributed by atoms with Crippen LogP contribution in [0.25, 0.3) is 11.6 Å². The van der Waals surface area contributed by atoms with Gasteiger partial charge < -0.3 is 53.6 Å². The highest BCUT2D eigenvalue weighted by Gasteiger charge is 2.31. The van der Waals surface area contributed by atoms with E-state index in [1.54, 1.807) is 50.2 Å². The van der Waals surface area contributed by atoms with Crippen LogP contribution in [0.15, 0.2) is 104 Å². The standard InChI is InChI=1S/2C30H26N8O6S/c1-13-16-7-8-19(18(16)6-5-17(13)28(43)44)34-26(41)20-10-21(38-29(35-20)36-37-30(38)45)27(42)33-12-15-4-2-3-14(9-15)11-32-23-22(31)24(39)25(23)40;1-13-16-7-8-19(18(16)6-5-17(13)28(43)44)34-27(42)21-10-20(35-29-36-37-30(45)38(21)29)26(41)33-12-15-4-2-3-14(9-15)11-32-23-22(31)24(39)25(23)40/h2-6,9-10,19,32H,7-8,11-12,31H2,1H3,(H,33,42)(H,34,41)(H,37,45)(H,43,44);2-6,9-10,19,32H,7-8,11-12,31H2,1H3,(H,33,41)(H,34,42)(H,37,45)(H,43,44)/t2*19-/m00/s1. The number of aromatic nitrogens is 8. The first-order chi connectivity index (χ1) is 43.1. The van der Waals surface area contributed by atoms with Crippen molar-refractivity contribution in [2.45, 2.75) is 77.8 Å². The summed E-state index contributed by atoms with van der Waals surface area (Å²) < 4.78 is 2.92. The van der Waals surface area contributed by atoms with Crippen LogP contribution in [0.3, 0.4) is 0 Å². The average molecular weight is 1250 g/mol. The summed E-state index contributed by atoms with van der Waals surface area (Å²) in [6, 6.07) is 22.9. The predicted octanol–water partition coefficient (Wildman–Crippen LogP) is 3.86. The van der Waals surface area contributed by atoms with Gasteiger partial charge in [-0.1, -0.05) is 60.7 Å². The minimum Gasteiger partial charge on any atom is -0.478 e. The Labute approximate surface area is 516 Å². The van der Waals surface area contributed by atoms with Gasteiger partial charge in [-0.3, -0.25) is 38.4 Å². The summed E-state index contributed by atoms with van der Waals surface area (Å²) >= 11 is 10.6. The number of nitrogens with two attached hydrogens (primary N) is 2. The molecule has 0 unspecified atom stereocenters. The summed E-state index contributed by atoms with van der Waals surface area (Å²) in [5.74, 6) is -4.04. The van der Waals surface area contributed by atoms with Crippen LogP contribution < -0.4 is 65.1 Å². The van der Waals surface area contributed by atoms with E-state index in [0.717, 1.165) is 44.5 Å². The van der Waals surface area contributed by atoms with Gasteiger partial charge in [0.25, 0.3) is 56.9 Å². The lowest BCUT2D eigenvalue weighted by Gasteiger charge is -2.16. The van der Waals surface area contributed by atoms with E-state index in [0.29, 0.717) is 36.8 Å². The Kier molecular flexibility index (Phi) is 16.3. The van der Waals surface area contributed by atoms with Gasteiger partial charge in [0.2, 0.25) is 9.54 Å². The minimum absolute atomic E-state index is 0.0391. The number of nitrogens with one attached hydrogen (secondary N) is 8. The first-order valence-electron chi connectivity index (χ1n) is 27.7. The van der Waals surface area contributed by atoms with E-state index >= 15 is 0 Å². The molecular formula is C60H52N16O12S2. The third-order valence-electron chi connectivity index (χ3n) is 15.9. The molecule has 4 aromatic heterocycles. The highest BCUT2D eigenvalue weighted by molar-refractivity contribution is 7.71. The van der Waals surface area contributed by atoms with Crippen molar-refractivity contribution in [1.82, 2.24) is 60.4 Å². The molecule has 0 saturated heterocycles. The monoisotopic (exact) mass is 1250 g/mol. The fraction of sp³-hybridized carbons (Fsp3) is 0.200. The number of fused-ring (bicyclic) bond motifs is 4. The summed E-state index contributed by atoms with van der Waals surface area (Å²) in [5.41, 5.74) is 16.8. The number of hydrogen-bond donors (Lipinski definition) is 12. The molecule has 4 heterocycles. The van der Waals surface area contributed by atoms with Gasteiger partial charge in [0.05, 0.1) is 23.2 Å². The third kappa shape index (κ3) is 11.6. The second-order valence-corrected chi connectivity index (χ2v) is 22.1. The number of nitrogens with zero attached hydrogens (tertiary/aromatic N) is 6. The molecule has 0 radical (unpaired) electrons. The number of carboxylic acid groups (broad SMARTS) is 2. The van der Waals surface area contributed by atoms with E-state index in [2.05, 4.69) is 62.3 Å². The Bertz CT molecular complexity index is 4970. The second-order valence-electron chi connectivity index (χ2n) is 21.3. The summed E-state index contributed by atoms with van der Waals surface area (Å²) in [6.07, 6.45) is 2.39. The Morgan fingerprint density at radius 3 is 1.38 bits per heavy atom. The van der Waals surface area contributed by atoms with Crippen molar-refractivity contribution in [1.29, 1.82) is 0 Å². The maximum absolute atomic E-state index is 13.6. The summed E-state index contributed by atoms with van der Waals surface area (Å²) in [6.45, 7) is 4.27. The lowest BCUT2D eigenvalue weighted by atomic mass is 9.98. The number of rotatable bonds is 18. The number of H-pyrrole nitrogens is 2. The van der Waals surface area contributed by atoms with Crippen LogP contribution >= 0.6 is 24.4 Å². The van der Waals surface area contributed by atoms with Crippen molar-refractivity contribution in [3.05, 3.63) is 225 Å². The number of benzene rings is 4. The Morgan fingerprint density at radius 1 is 0.544 bits per heavy atom. The molecule has 456 valence electrons. The predicted molar refractivity (Wildman–Crippen MR) is 331 cm³/mol. The SMILES string of the molecule is Cc1c(C(=O)O)ccc2c1CC[C@@H]2NC(=O)c1cc(C(=O)NCc2cccc(CNc3c(N)c(=O)c3=O)c2)n2c(=S)[nH]nc2n1.Cc1c(C(=O)O)ccc2c1CC[C@@H]2NC(=O)c1cc(C(=O)NCc2cccc(CNc3c(N)c(=O)c3=O)c2)nc2n[nH]c(=S)n12. The van der Waals surface area contributed by atoms with Gasteiger partial charge in [0, 0.05) is 26.2 Å². The van der Waals surface area contributed by atoms with Gasteiger partial charge >= 0.3 is 11.9 Å². The first kappa shape index (κ1) is 60.3. The maximum Gasteiger partial charge on any atom is 0.335 e. The maximum atomic E-state index is 13.6. The molecule has 0 aliphatic heterocycles. The van der Waals surface area contributed by atoms with E-state index in [9.17, 15) is 58.2 Å². The van der Waals surface area contributed by atoms with E-state index in [1.165, 1.54) is 33.1 Å². The lowest BCUT2D eigenvalue weighted by Crippen LogP contribution is -2.36. The molecule has 0 bridgehead atoms. The summed E-state index contributed by atoms with van der Waals surface area (Å²) in [5, 5.41) is 49.5. The molecule has 0 saturated carbocycles. The molecule has 6 aromatic carbocycles. The molecule has 2 aliphatic carbocycles. The quantitative estimate of drug-likeness (QED) is 0.0428. The molecule has 10 aromatic rings. The number of amides is 4. The van der Waals surface area contributed by atoms with Crippen LogP contribution in [0, 0.1) is 23.4 Å². The Morgan fingerprint density at radius 2 is 0.944 bits per heavy atom. The fourth-order valence-corrected chi connectivity index (χ4v) is 11.6. The molecule has 2 aliphatic rings. The second kappa shape index (κ2) is 24.4. The van der Waals surface area contributed by atoms with Gasteiger partial charge in [-0.2, -0.15) is 0 Å². The Balaban J connectivity index is 0.000000185. The molecule has 30 heteroatoms. The van der Waals surface area contributed by atoms with E-state index < -0.39 is 57.3 Å². The van der Waals surface area contributed by atoms with Crippen molar-refractivity contribution in [3.8, 4) is 0 Å². The van der Waals surface area contributed by atoms with E-state index in [4.69, 9.17) is 35.9 Å². The van der Waals surface area contributed by atoms with Gasteiger partial charge in [-0.05, 0) is 144 Å². The van der Waals surface area contributed by atoms with Crippen LogP contribution in [0.2, 0.25) is 0 Å². The molecule has 14 N–H and O–H groups in total. The van der Waals surface area contributed by atoms with Crippen LogP contribution in [0.5, 0.6) is 0 Å². The highest BCUT2D eigenvalue weighted by Crippen LogP contribution is 2.36. The summed E-state index contributed by atoms with van der Waals surface area (Å²) in [7, 11) is 0. The molecule has 4 amide bonds. The van der Waals surface area contributed by atoms with Crippen molar-refractivity contribution in [2.24, 2.45) is 0 Å². The van der Waals surface area contributed by atoms with Crippen LogP contribution in [-0.2, 0) is 39.0 Å². The van der Waals surface area contributed by atoms with Crippen LogP contribution in [0.4, 0.5) is 22.7 Å². The average Bonchev–Trinajstić information content (AvgIpc) is 1.80. The first-order valence-corrected chi connectivity index (χ1v) is 28.5. The molecule has 2 atom stereocenters. The molecule has 90 heavy (non-hydrogen) atoms. The van der Waals surface area contributed by atoms with E-state index in [1.807, 2.05) is 24.3 Å². The van der Waals surface area contributed by atoms with Crippen LogP contribution in [0.1, 0.15) is 143 Å². The number of carboxylic acids is 2. The molecule has 0 spiro atoms. The number of aromatic amines is 2. The Hall–Kier alpha value is -11.4. The van der Waals surface area contributed by atoms with Crippen molar-refractivity contribution < 1.29 is 39.0 Å². The van der Waals surface area contributed by atoms with Crippen molar-refractivity contribution in [3.63, 3.8) is 0 Å². The minimum atomic E-state index is -1.00. The van der Waals surface area contributed by atoms with Crippen LogP contribution in [-0.4, -0.2) is 84.9 Å². The number of carbonyl (C=O) groups is 6. The van der Waals surface area contributed by atoms with Gasteiger partial charge in [-0.15, -0.1) is 10.2 Å². The number of anilines is 4. The number of nitrogen functional groups attached to an aromatic ring is 2. The number of carbonyl (C=O) groups excluding carboxylic acids is 4. The largest absolute Gasteiger partial charge is 0.478 e. The lowest BCUT2D eigenvalue weighted by molar-refractivity contribution is 0.0685. The molecule has 12 rings (SSSR count). The molecule has 28 nitrogen and oxygen atoms in total. The zero-order chi connectivity index (χ0) is 64.0. The molecular weight excluding hydrogens is 1200 g/mol. The van der Waals surface area contributed by atoms with Gasteiger partial charge in [-0.25, -0.2) is 38.6 Å². The number of aromatic carboxylic acids is 2. The van der Waals surface area contributed by atoms with E-state index in [-0.39, 0.29) is 116 Å². The summed E-state index contributed by atoms with van der Waals surface area (Å²) in [4.78, 5) is 131. The number of hydrogen-bond acceptors (Lipinski definition) is 20. The molecule has 0 fully saturated rings. The smallest absolute Gasteiger partial charge is 0.335 e. The fourth-order valence-electron chi connectivity index (χ4n) is 11.2. The topological polar surface area (TPSA) is 427 Å². The van der Waals surface area contributed by atoms with Gasteiger partial charge in [0.1, 0.15) is 45.5 Å². The normalized spacial score (nSPS) is 13.9. The van der Waals surface area contributed by atoms with Gasteiger partial charge in [0.15, 0.2) is 0 Å². The van der Waals surface area contributed by atoms with Crippen molar-refractivity contribution >= 4 is 94.3 Å².